The van der Waals surface area contributed by atoms with E-state index in [1.54, 1.807) is 61.1 Å². The van der Waals surface area contributed by atoms with Gasteiger partial charge in [0.05, 0.1) is 17.9 Å². The molecule has 3 aromatic rings. The second kappa shape index (κ2) is 10.4. The Morgan fingerprint density at radius 1 is 1.18 bits per heavy atom. The van der Waals surface area contributed by atoms with Crippen LogP contribution in [-0.2, 0) is 16.1 Å². The largest absolute Gasteiger partial charge is 0.507 e. The van der Waals surface area contributed by atoms with Crippen LogP contribution in [-0.4, -0.2) is 44.4 Å². The first-order valence-electron chi connectivity index (χ1n) is 10.8. The van der Waals surface area contributed by atoms with Crippen molar-refractivity contribution in [2.24, 2.45) is 0 Å². The molecule has 174 valence electrons. The number of likely N-dealkylation sites (tertiary alicyclic amines) is 1. The number of aromatic nitrogens is 2. The van der Waals surface area contributed by atoms with Crippen molar-refractivity contribution in [3.05, 3.63) is 102 Å². The van der Waals surface area contributed by atoms with E-state index in [0.29, 0.717) is 48.0 Å². The number of aliphatic hydroxyl groups is 1. The fourth-order valence-electron chi connectivity index (χ4n) is 3.99. The molecule has 0 unspecified atom stereocenters. The number of halogens is 1. The highest BCUT2D eigenvalue weighted by molar-refractivity contribution is 6.46. The van der Waals surface area contributed by atoms with Gasteiger partial charge in [-0.2, -0.15) is 0 Å². The summed E-state index contributed by atoms with van der Waals surface area (Å²) in [5.41, 5.74) is 1.11. The number of aryl methyl sites for hydroxylation is 1. The molecule has 1 atom stereocenters. The maximum atomic E-state index is 13.1. The molecule has 4 rings (SSSR count). The highest BCUT2D eigenvalue weighted by Gasteiger charge is 2.45. The van der Waals surface area contributed by atoms with Crippen molar-refractivity contribution in [2.45, 2.75) is 19.0 Å². The minimum atomic E-state index is -0.759. The van der Waals surface area contributed by atoms with Gasteiger partial charge in [0.2, 0.25) is 0 Å². The van der Waals surface area contributed by atoms with Crippen molar-refractivity contribution in [1.29, 1.82) is 0 Å². The normalized spacial score (nSPS) is 17.2. The molecule has 1 N–H and O–H groups in total. The summed E-state index contributed by atoms with van der Waals surface area (Å²) in [7, 11) is 0. The molecule has 2 aromatic carbocycles. The summed E-state index contributed by atoms with van der Waals surface area (Å²) in [5, 5.41) is 11.6. The number of carbonyl (C=O) groups is 2. The third-order valence-electron chi connectivity index (χ3n) is 5.57. The molecular weight excluding hydrogens is 454 g/mol. The number of nitrogens with zero attached hydrogens (tertiary/aromatic N) is 3. The maximum absolute atomic E-state index is 13.1. The summed E-state index contributed by atoms with van der Waals surface area (Å²) in [5.74, 6) is -1.04. The molecule has 1 aliphatic rings. The van der Waals surface area contributed by atoms with Gasteiger partial charge in [0.1, 0.15) is 18.1 Å². The van der Waals surface area contributed by atoms with Crippen LogP contribution < -0.4 is 4.74 Å². The molecule has 2 heterocycles. The van der Waals surface area contributed by atoms with Gasteiger partial charge in [0.25, 0.3) is 11.7 Å². The van der Waals surface area contributed by atoms with Gasteiger partial charge >= 0.3 is 0 Å². The number of carbonyl (C=O) groups excluding carboxylic acids is 2. The predicted octanol–water partition coefficient (Wildman–Crippen LogP) is 4.61. The molecule has 0 aliphatic carbocycles. The van der Waals surface area contributed by atoms with Crippen LogP contribution in [0.2, 0.25) is 5.02 Å². The highest BCUT2D eigenvalue weighted by atomic mass is 35.5. The van der Waals surface area contributed by atoms with E-state index in [0.717, 1.165) is 0 Å². The monoisotopic (exact) mass is 477 g/mol. The Labute approximate surface area is 202 Å². The zero-order chi connectivity index (χ0) is 24.1. The number of benzene rings is 2. The van der Waals surface area contributed by atoms with Gasteiger partial charge in [0.15, 0.2) is 0 Å². The standard InChI is InChI=1S/C26H24ClN3O4/c1-2-15-34-21-6-3-5-19(16-21)23-22(24(31)18-7-9-20(27)10-8-18)25(32)26(33)30(23)13-4-12-29-14-11-28-17-29/h2-3,5-11,14,16-17,23,31H,1,4,12-13,15H2/t23-/m0/s1. The summed E-state index contributed by atoms with van der Waals surface area (Å²) >= 11 is 5.98. The van der Waals surface area contributed by atoms with Crippen LogP contribution in [0.1, 0.15) is 23.6 Å². The average molecular weight is 478 g/mol. The first kappa shape index (κ1) is 23.3. The number of hydrogen-bond acceptors (Lipinski definition) is 5. The van der Waals surface area contributed by atoms with Crippen molar-refractivity contribution >= 4 is 29.1 Å². The first-order chi connectivity index (χ1) is 16.5. The topological polar surface area (TPSA) is 84.7 Å². The SMILES string of the molecule is C=CCOc1cccc([C@H]2C(=C(O)c3ccc(Cl)cc3)C(=O)C(=O)N2CCCn2ccnc2)c1. The van der Waals surface area contributed by atoms with Crippen LogP contribution in [0, 0.1) is 0 Å². The molecule has 34 heavy (non-hydrogen) atoms. The van der Waals surface area contributed by atoms with E-state index in [4.69, 9.17) is 16.3 Å². The fraction of sp³-hybridized carbons (Fsp3) is 0.192. The Kier molecular flexibility index (Phi) is 7.13. The molecule has 0 spiro atoms. The molecule has 7 nitrogen and oxygen atoms in total. The van der Waals surface area contributed by atoms with Gasteiger partial charge in [-0.3, -0.25) is 9.59 Å². The summed E-state index contributed by atoms with van der Waals surface area (Å²) in [4.78, 5) is 31.8. The van der Waals surface area contributed by atoms with E-state index < -0.39 is 17.7 Å². The summed E-state index contributed by atoms with van der Waals surface area (Å²) in [6.07, 6.45) is 7.47. The van der Waals surface area contributed by atoms with Gasteiger partial charge in [-0.25, -0.2) is 4.98 Å². The number of amides is 1. The molecule has 1 fully saturated rings. The van der Waals surface area contributed by atoms with Crippen LogP contribution in [0.4, 0.5) is 0 Å². The van der Waals surface area contributed by atoms with Crippen molar-refractivity contribution in [1.82, 2.24) is 14.5 Å². The van der Waals surface area contributed by atoms with Gasteiger partial charge < -0.3 is 19.3 Å². The fourth-order valence-corrected chi connectivity index (χ4v) is 4.12. The highest BCUT2D eigenvalue weighted by Crippen LogP contribution is 2.40. The van der Waals surface area contributed by atoms with Gasteiger partial charge in [-0.05, 0) is 48.4 Å². The lowest BCUT2D eigenvalue weighted by Gasteiger charge is -2.25. The average Bonchev–Trinajstić information content (AvgIpc) is 3.45. The number of imidazole rings is 1. The van der Waals surface area contributed by atoms with E-state index in [1.165, 1.54) is 4.90 Å². The second-order valence-corrected chi connectivity index (χ2v) is 8.26. The van der Waals surface area contributed by atoms with Crippen LogP contribution in [0.15, 0.2) is 85.5 Å². The second-order valence-electron chi connectivity index (χ2n) is 7.83. The molecule has 0 saturated carbocycles. The molecule has 0 radical (unpaired) electrons. The third kappa shape index (κ3) is 4.89. The van der Waals surface area contributed by atoms with Crippen LogP contribution in [0.25, 0.3) is 5.76 Å². The van der Waals surface area contributed by atoms with Crippen molar-refractivity contribution < 1.29 is 19.4 Å². The van der Waals surface area contributed by atoms with E-state index in [1.807, 2.05) is 16.8 Å². The summed E-state index contributed by atoms with van der Waals surface area (Å²) < 4.78 is 7.56. The molecule has 8 heteroatoms. The third-order valence-corrected chi connectivity index (χ3v) is 5.83. The van der Waals surface area contributed by atoms with Gasteiger partial charge in [-0.1, -0.05) is 36.4 Å². The lowest BCUT2D eigenvalue weighted by molar-refractivity contribution is -0.139. The van der Waals surface area contributed by atoms with E-state index >= 15 is 0 Å². The van der Waals surface area contributed by atoms with Crippen molar-refractivity contribution in [2.75, 3.05) is 13.2 Å². The molecule has 1 saturated heterocycles. The lowest BCUT2D eigenvalue weighted by Crippen LogP contribution is -2.31. The Hall–Kier alpha value is -3.84. The number of ketones is 1. The zero-order valence-electron chi connectivity index (χ0n) is 18.4. The molecular formula is C26H24ClN3O4. The summed E-state index contributed by atoms with van der Waals surface area (Å²) in [6, 6.07) is 12.9. The maximum Gasteiger partial charge on any atom is 0.295 e. The Bertz CT molecular complexity index is 1220. The van der Waals surface area contributed by atoms with Crippen LogP contribution in [0.5, 0.6) is 5.75 Å². The number of Topliss-reactive ketones (excluding diaryl/α,β-unsaturated/α-hetero) is 1. The molecule has 1 aromatic heterocycles. The van der Waals surface area contributed by atoms with E-state index in [-0.39, 0.29) is 11.3 Å². The predicted molar refractivity (Wildman–Crippen MR) is 129 cm³/mol. The van der Waals surface area contributed by atoms with Crippen LogP contribution >= 0.6 is 11.6 Å². The first-order valence-corrected chi connectivity index (χ1v) is 11.2. The number of aliphatic hydroxyl groups excluding tert-OH is 1. The zero-order valence-corrected chi connectivity index (χ0v) is 19.2. The van der Waals surface area contributed by atoms with E-state index in [9.17, 15) is 14.7 Å². The van der Waals surface area contributed by atoms with E-state index in [2.05, 4.69) is 11.6 Å². The minimum Gasteiger partial charge on any atom is -0.507 e. The number of ether oxygens (including phenoxy) is 1. The van der Waals surface area contributed by atoms with Gasteiger partial charge in [0, 0.05) is 36.1 Å². The number of hydrogen-bond donors (Lipinski definition) is 1. The smallest absolute Gasteiger partial charge is 0.295 e. The molecule has 0 bridgehead atoms. The van der Waals surface area contributed by atoms with Crippen molar-refractivity contribution in [3.63, 3.8) is 0 Å². The lowest BCUT2D eigenvalue weighted by atomic mass is 9.95. The van der Waals surface area contributed by atoms with Crippen LogP contribution in [0.3, 0.4) is 0 Å². The molecule has 1 aliphatic heterocycles. The Morgan fingerprint density at radius 3 is 2.68 bits per heavy atom. The number of rotatable bonds is 9. The Morgan fingerprint density at radius 2 is 1.97 bits per heavy atom. The quantitative estimate of drug-likeness (QED) is 0.210. The minimum absolute atomic E-state index is 0.0378. The molecule has 1 amide bonds. The summed E-state index contributed by atoms with van der Waals surface area (Å²) in [6.45, 7) is 4.93. The Balaban J connectivity index is 1.73. The van der Waals surface area contributed by atoms with Crippen molar-refractivity contribution in [3.8, 4) is 5.75 Å². The van der Waals surface area contributed by atoms with Gasteiger partial charge in [-0.15, -0.1) is 0 Å².